The molecule has 0 aliphatic carbocycles. The molecule has 0 aliphatic rings. The van der Waals surface area contributed by atoms with Crippen LogP contribution in [0.4, 0.5) is 0 Å². The zero-order valence-electron chi connectivity index (χ0n) is 52.8. The highest BCUT2D eigenvalue weighted by Gasteiger charge is 2.19. The third kappa shape index (κ3) is 65.1. The van der Waals surface area contributed by atoms with E-state index in [1.165, 1.54) is 161 Å². The lowest BCUT2D eigenvalue weighted by molar-refractivity contribution is -0.167. The summed E-state index contributed by atoms with van der Waals surface area (Å²) in [4.78, 5) is 38.4. The van der Waals surface area contributed by atoms with Gasteiger partial charge in [0.1, 0.15) is 13.2 Å². The van der Waals surface area contributed by atoms with Crippen molar-refractivity contribution in [2.75, 3.05) is 13.2 Å². The average Bonchev–Trinajstić information content (AvgIpc) is 3.46. The van der Waals surface area contributed by atoms with Crippen LogP contribution >= 0.6 is 0 Å². The standard InChI is InChI=1S/C74H128O6/c1-4-7-10-13-16-19-22-25-28-30-32-34-36-37-39-40-42-44-46-49-52-55-58-61-64-67-73(76)79-70-71(69-78-72(75)66-63-60-57-54-51-48-27-24-21-18-15-12-9-6-3)80-74(77)68-65-62-59-56-53-50-47-45-43-41-38-35-33-31-29-26-23-20-17-14-11-8-5-2/h8,11,15,17-18,20,24,26-27,29,33,35,41,43,47,50,71H,4-7,9-10,12-14,16,19,21-23,25,28,30-32,34,36-40,42,44-46,48-49,51-70H2,1-3H3/b11-8-,18-15-,20-17-,27-24-,29-26-,35-33-,43-41-,50-47-. The molecule has 1 atom stereocenters. The third-order valence-electron chi connectivity index (χ3n) is 14.8. The Labute approximate surface area is 496 Å². The van der Waals surface area contributed by atoms with Gasteiger partial charge in [0.2, 0.25) is 0 Å². The molecule has 6 heteroatoms. The number of allylic oxidation sites excluding steroid dienone is 16. The highest BCUT2D eigenvalue weighted by molar-refractivity contribution is 5.71. The van der Waals surface area contributed by atoms with E-state index in [9.17, 15) is 14.4 Å². The Bertz CT molecular complexity index is 1560. The Balaban J connectivity index is 4.35. The van der Waals surface area contributed by atoms with Crippen molar-refractivity contribution in [1.29, 1.82) is 0 Å². The fraction of sp³-hybridized carbons (Fsp3) is 0.743. The SMILES string of the molecule is CC/C=C\C/C=C\C/C=C\C/C=C\C/C=C\C/C=C\CCCCCCC(=O)OC(COC(=O)CCCCCCC/C=C\C/C=C\CCCC)COC(=O)CCCCCCCCCCCCCCCCCCCCCCCCCCC. The normalized spacial score (nSPS) is 12.7. The summed E-state index contributed by atoms with van der Waals surface area (Å²) in [5, 5.41) is 0. The molecule has 0 aromatic carbocycles. The second kappa shape index (κ2) is 67.8. The van der Waals surface area contributed by atoms with Gasteiger partial charge in [0.15, 0.2) is 6.10 Å². The smallest absolute Gasteiger partial charge is 0.306 e. The molecule has 0 amide bonds. The molecule has 0 saturated heterocycles. The molecule has 0 aliphatic heterocycles. The summed E-state index contributed by atoms with van der Waals surface area (Å²) < 4.78 is 16.9. The quantitative estimate of drug-likeness (QED) is 0.0261. The van der Waals surface area contributed by atoms with Crippen LogP contribution in [0.2, 0.25) is 0 Å². The van der Waals surface area contributed by atoms with Crippen LogP contribution < -0.4 is 0 Å². The molecule has 0 fully saturated rings. The number of carbonyl (C=O) groups excluding carboxylic acids is 3. The predicted octanol–water partition coefficient (Wildman–Crippen LogP) is 23.6. The van der Waals surface area contributed by atoms with E-state index in [2.05, 4.69) is 118 Å². The van der Waals surface area contributed by atoms with Gasteiger partial charge in [-0.3, -0.25) is 14.4 Å². The Morgan fingerprint density at radius 2 is 0.500 bits per heavy atom. The summed E-state index contributed by atoms with van der Waals surface area (Å²) >= 11 is 0. The minimum Gasteiger partial charge on any atom is -0.462 e. The second-order valence-electron chi connectivity index (χ2n) is 22.7. The van der Waals surface area contributed by atoms with Gasteiger partial charge in [0.05, 0.1) is 0 Å². The van der Waals surface area contributed by atoms with Crippen molar-refractivity contribution in [1.82, 2.24) is 0 Å². The summed E-state index contributed by atoms with van der Waals surface area (Å²) in [5.41, 5.74) is 0. The lowest BCUT2D eigenvalue weighted by atomic mass is 10.0. The largest absolute Gasteiger partial charge is 0.462 e. The summed E-state index contributed by atoms with van der Waals surface area (Å²) in [6.45, 7) is 6.49. The van der Waals surface area contributed by atoms with Gasteiger partial charge in [-0.25, -0.2) is 0 Å². The predicted molar refractivity (Wildman–Crippen MR) is 348 cm³/mol. The molecule has 0 N–H and O–H groups in total. The van der Waals surface area contributed by atoms with E-state index in [0.29, 0.717) is 19.3 Å². The Morgan fingerprint density at radius 3 is 0.800 bits per heavy atom. The molecule has 0 saturated carbocycles. The van der Waals surface area contributed by atoms with Crippen LogP contribution in [-0.4, -0.2) is 37.2 Å². The van der Waals surface area contributed by atoms with Gasteiger partial charge in [-0.2, -0.15) is 0 Å². The zero-order chi connectivity index (χ0) is 57.8. The van der Waals surface area contributed by atoms with Crippen LogP contribution in [0.3, 0.4) is 0 Å². The Hall–Kier alpha value is -3.67. The van der Waals surface area contributed by atoms with E-state index in [1.807, 2.05) is 0 Å². The molecule has 0 aromatic heterocycles. The third-order valence-corrected chi connectivity index (χ3v) is 14.8. The van der Waals surface area contributed by atoms with E-state index < -0.39 is 6.10 Å². The number of carbonyl (C=O) groups is 3. The molecule has 0 aromatic rings. The minimum absolute atomic E-state index is 0.0904. The maximum atomic E-state index is 12.9. The van der Waals surface area contributed by atoms with E-state index in [4.69, 9.17) is 14.2 Å². The zero-order valence-corrected chi connectivity index (χ0v) is 52.8. The molecular formula is C74H128O6. The van der Waals surface area contributed by atoms with Crippen LogP contribution in [0.5, 0.6) is 0 Å². The van der Waals surface area contributed by atoms with E-state index >= 15 is 0 Å². The van der Waals surface area contributed by atoms with E-state index in [1.54, 1.807) is 0 Å². The molecule has 0 bridgehead atoms. The summed E-state index contributed by atoms with van der Waals surface area (Å²) in [6, 6.07) is 0. The first-order chi connectivity index (χ1) is 39.5. The van der Waals surface area contributed by atoms with Crippen molar-refractivity contribution in [3.63, 3.8) is 0 Å². The van der Waals surface area contributed by atoms with Crippen LogP contribution in [0.1, 0.15) is 335 Å². The van der Waals surface area contributed by atoms with Crippen LogP contribution in [0, 0.1) is 0 Å². The summed E-state index contributed by atoms with van der Waals surface area (Å²) in [6.07, 6.45) is 91.4. The highest BCUT2D eigenvalue weighted by Crippen LogP contribution is 2.17. The summed E-state index contributed by atoms with van der Waals surface area (Å²) in [5.74, 6) is -0.916. The average molecular weight is 1110 g/mol. The number of ether oxygens (including phenoxy) is 3. The van der Waals surface area contributed by atoms with Crippen molar-refractivity contribution in [3.05, 3.63) is 97.2 Å². The van der Waals surface area contributed by atoms with Gasteiger partial charge < -0.3 is 14.2 Å². The van der Waals surface area contributed by atoms with Gasteiger partial charge in [-0.05, 0) is 96.3 Å². The molecule has 6 nitrogen and oxygen atoms in total. The van der Waals surface area contributed by atoms with Gasteiger partial charge in [-0.1, -0.05) is 317 Å². The maximum Gasteiger partial charge on any atom is 0.306 e. The molecule has 0 rings (SSSR count). The first-order valence-corrected chi connectivity index (χ1v) is 34.2. The van der Waals surface area contributed by atoms with E-state index in [0.717, 1.165) is 135 Å². The molecule has 80 heavy (non-hydrogen) atoms. The maximum absolute atomic E-state index is 12.9. The van der Waals surface area contributed by atoms with Crippen molar-refractivity contribution < 1.29 is 28.6 Å². The van der Waals surface area contributed by atoms with Gasteiger partial charge in [0, 0.05) is 19.3 Å². The number of hydrogen-bond acceptors (Lipinski definition) is 6. The Kier molecular flexibility index (Phi) is 64.7. The molecular weight excluding hydrogens is 985 g/mol. The first-order valence-electron chi connectivity index (χ1n) is 34.2. The van der Waals surface area contributed by atoms with Crippen LogP contribution in [-0.2, 0) is 28.6 Å². The molecule has 0 heterocycles. The number of esters is 3. The van der Waals surface area contributed by atoms with Gasteiger partial charge in [-0.15, -0.1) is 0 Å². The van der Waals surface area contributed by atoms with Crippen molar-refractivity contribution >= 4 is 17.9 Å². The first kappa shape index (κ1) is 76.3. The van der Waals surface area contributed by atoms with Crippen molar-refractivity contribution in [2.24, 2.45) is 0 Å². The van der Waals surface area contributed by atoms with Gasteiger partial charge >= 0.3 is 17.9 Å². The molecule has 0 spiro atoms. The fourth-order valence-corrected chi connectivity index (χ4v) is 9.70. The second-order valence-corrected chi connectivity index (χ2v) is 22.7. The Morgan fingerprint density at radius 1 is 0.263 bits per heavy atom. The lowest BCUT2D eigenvalue weighted by Crippen LogP contribution is -2.30. The van der Waals surface area contributed by atoms with E-state index in [-0.39, 0.29) is 31.1 Å². The molecule has 460 valence electrons. The number of rotatable bonds is 62. The minimum atomic E-state index is -0.799. The molecule has 1 unspecified atom stereocenters. The van der Waals surface area contributed by atoms with Crippen molar-refractivity contribution in [2.45, 2.75) is 341 Å². The molecule has 0 radical (unpaired) electrons. The van der Waals surface area contributed by atoms with Crippen molar-refractivity contribution in [3.8, 4) is 0 Å². The monoisotopic (exact) mass is 1110 g/mol. The van der Waals surface area contributed by atoms with Gasteiger partial charge in [0.25, 0.3) is 0 Å². The summed E-state index contributed by atoms with van der Waals surface area (Å²) in [7, 11) is 0. The highest BCUT2D eigenvalue weighted by atomic mass is 16.6. The number of unbranched alkanes of at least 4 members (excludes halogenated alkanes) is 35. The van der Waals surface area contributed by atoms with Crippen LogP contribution in [0.25, 0.3) is 0 Å². The fourth-order valence-electron chi connectivity index (χ4n) is 9.70. The lowest BCUT2D eigenvalue weighted by Gasteiger charge is -2.18. The number of hydrogen-bond donors (Lipinski definition) is 0. The topological polar surface area (TPSA) is 78.9 Å². The van der Waals surface area contributed by atoms with Crippen LogP contribution in [0.15, 0.2) is 97.2 Å².